The third-order valence-electron chi connectivity index (χ3n) is 4.15. The molecule has 2 aromatic heterocycles. The summed E-state index contributed by atoms with van der Waals surface area (Å²) in [5, 5.41) is 15.2. The lowest BCUT2D eigenvalue weighted by atomic mass is 10.1. The summed E-state index contributed by atoms with van der Waals surface area (Å²) in [6, 6.07) is 12.7. The van der Waals surface area contributed by atoms with Crippen LogP contribution in [0, 0.1) is 17.0 Å². The van der Waals surface area contributed by atoms with Crippen LogP contribution >= 0.6 is 22.7 Å². The van der Waals surface area contributed by atoms with E-state index in [1.54, 1.807) is 46.6 Å². The summed E-state index contributed by atoms with van der Waals surface area (Å²) in [5.41, 5.74) is 0.780. The largest absolute Gasteiger partial charge is 0.333 e. The second kappa shape index (κ2) is 8.25. The molecular weight excluding hydrogens is 368 g/mol. The van der Waals surface area contributed by atoms with Gasteiger partial charge in [0.05, 0.1) is 11.5 Å². The Morgan fingerprint density at radius 3 is 2.38 bits per heavy atom. The minimum Gasteiger partial charge on any atom is -0.333 e. The van der Waals surface area contributed by atoms with Gasteiger partial charge in [0.1, 0.15) is 0 Å². The van der Waals surface area contributed by atoms with Crippen molar-refractivity contribution in [2.45, 2.75) is 19.9 Å². The van der Waals surface area contributed by atoms with Gasteiger partial charge in [0.15, 0.2) is 0 Å². The summed E-state index contributed by atoms with van der Waals surface area (Å²) in [6.45, 7) is 2.71. The van der Waals surface area contributed by atoms with Gasteiger partial charge in [0, 0.05) is 33.5 Å². The maximum atomic E-state index is 13.1. The fourth-order valence-corrected chi connectivity index (χ4v) is 4.18. The van der Waals surface area contributed by atoms with Gasteiger partial charge in [-0.1, -0.05) is 18.2 Å². The van der Waals surface area contributed by atoms with E-state index in [-0.39, 0.29) is 11.6 Å². The number of rotatable bonds is 7. The average Bonchev–Trinajstić information content (AvgIpc) is 3.31. The summed E-state index contributed by atoms with van der Waals surface area (Å²) in [5.74, 6) is -0.170. The summed E-state index contributed by atoms with van der Waals surface area (Å²) < 4.78 is 0. The molecule has 0 aliphatic heterocycles. The molecule has 0 saturated heterocycles. The lowest BCUT2D eigenvalue weighted by Gasteiger charge is -2.23. The first-order valence-electron chi connectivity index (χ1n) is 8.14. The number of nitro benzene ring substituents is 1. The Hall–Kier alpha value is -2.51. The number of hydrogen-bond acceptors (Lipinski definition) is 5. The van der Waals surface area contributed by atoms with Gasteiger partial charge in [-0.2, -0.15) is 0 Å². The van der Waals surface area contributed by atoms with Crippen LogP contribution in [-0.4, -0.2) is 22.3 Å². The Balaban J connectivity index is 1.86. The second-order valence-corrected chi connectivity index (χ2v) is 7.91. The van der Waals surface area contributed by atoms with Crippen molar-refractivity contribution in [1.29, 1.82) is 0 Å². The lowest BCUT2D eigenvalue weighted by molar-refractivity contribution is -0.385. The molecule has 7 heteroatoms. The molecule has 134 valence electrons. The minimum absolute atomic E-state index is 0.0230. The van der Waals surface area contributed by atoms with Crippen LogP contribution in [0.2, 0.25) is 0 Å². The van der Waals surface area contributed by atoms with Crippen LogP contribution in [0.3, 0.4) is 0 Å². The number of nitro groups is 1. The van der Waals surface area contributed by atoms with E-state index in [9.17, 15) is 14.9 Å². The van der Waals surface area contributed by atoms with Crippen LogP contribution in [0.15, 0.2) is 53.2 Å². The first kappa shape index (κ1) is 18.3. The Morgan fingerprint density at radius 2 is 1.77 bits per heavy atom. The molecule has 1 aromatic carbocycles. The van der Waals surface area contributed by atoms with E-state index in [0.717, 1.165) is 11.3 Å². The molecule has 3 rings (SSSR count). The Bertz CT molecular complexity index is 890. The summed E-state index contributed by atoms with van der Waals surface area (Å²) >= 11 is 3.27. The van der Waals surface area contributed by atoms with Gasteiger partial charge in [-0.05, 0) is 42.3 Å². The molecular formula is C19H18N2O3S2. The Morgan fingerprint density at radius 1 is 1.08 bits per heavy atom. The highest BCUT2D eigenvalue weighted by atomic mass is 32.1. The Labute approximate surface area is 159 Å². The van der Waals surface area contributed by atoms with Crippen LogP contribution in [0.5, 0.6) is 0 Å². The van der Waals surface area contributed by atoms with Crippen molar-refractivity contribution in [3.8, 4) is 0 Å². The lowest BCUT2D eigenvalue weighted by Crippen LogP contribution is -2.32. The van der Waals surface area contributed by atoms with Crippen molar-refractivity contribution in [2.24, 2.45) is 0 Å². The zero-order valence-corrected chi connectivity index (χ0v) is 15.9. The van der Waals surface area contributed by atoms with Gasteiger partial charge in [0.2, 0.25) is 0 Å². The van der Waals surface area contributed by atoms with Gasteiger partial charge in [-0.3, -0.25) is 14.9 Å². The van der Waals surface area contributed by atoms with Crippen LogP contribution in [0.1, 0.15) is 25.7 Å². The van der Waals surface area contributed by atoms with Crippen molar-refractivity contribution in [1.82, 2.24) is 4.90 Å². The number of amides is 1. The van der Waals surface area contributed by atoms with Gasteiger partial charge >= 0.3 is 0 Å². The molecule has 0 N–H and O–H groups in total. The summed E-state index contributed by atoms with van der Waals surface area (Å²) in [7, 11) is 0. The quantitative estimate of drug-likeness (QED) is 0.428. The van der Waals surface area contributed by atoms with Gasteiger partial charge < -0.3 is 4.90 Å². The van der Waals surface area contributed by atoms with Crippen molar-refractivity contribution >= 4 is 34.3 Å². The molecule has 26 heavy (non-hydrogen) atoms. The van der Waals surface area contributed by atoms with Crippen LogP contribution in [0.25, 0.3) is 0 Å². The number of benzene rings is 1. The molecule has 3 aromatic rings. The van der Waals surface area contributed by atoms with E-state index in [2.05, 4.69) is 6.07 Å². The molecule has 0 fully saturated rings. The predicted octanol–water partition coefficient (Wildman–Crippen LogP) is 4.91. The first-order chi connectivity index (χ1) is 12.6. The number of carbonyl (C=O) groups excluding carboxylic acids is 1. The minimum atomic E-state index is -0.443. The zero-order valence-electron chi connectivity index (χ0n) is 14.3. The van der Waals surface area contributed by atoms with Crippen molar-refractivity contribution in [2.75, 3.05) is 6.54 Å². The SMILES string of the molecule is Cc1c(C(=O)N(CCc2cccs2)Cc2cccs2)cccc1[N+](=O)[O-]. The average molecular weight is 386 g/mol. The van der Waals surface area contributed by atoms with Crippen LogP contribution < -0.4 is 0 Å². The standard InChI is InChI=1S/C19H18N2O3S2/c1-14-17(7-2-8-18(14)21(23)24)19(22)20(13-16-6-4-12-26-16)10-9-15-5-3-11-25-15/h2-8,11-12H,9-10,13H2,1H3. The number of hydrogen-bond donors (Lipinski definition) is 0. The van der Waals surface area contributed by atoms with E-state index in [1.165, 1.54) is 10.9 Å². The fourth-order valence-electron chi connectivity index (χ4n) is 2.77. The molecule has 0 unspecified atom stereocenters. The number of nitrogens with zero attached hydrogens (tertiary/aromatic N) is 2. The third kappa shape index (κ3) is 4.17. The molecule has 0 radical (unpaired) electrons. The highest BCUT2D eigenvalue weighted by Gasteiger charge is 2.23. The van der Waals surface area contributed by atoms with E-state index in [0.29, 0.717) is 24.2 Å². The normalized spacial score (nSPS) is 10.7. The summed E-state index contributed by atoms with van der Waals surface area (Å²) in [4.78, 5) is 28.0. The van der Waals surface area contributed by atoms with Gasteiger partial charge in [0.25, 0.3) is 11.6 Å². The topological polar surface area (TPSA) is 63.5 Å². The second-order valence-electron chi connectivity index (χ2n) is 5.84. The molecule has 0 bridgehead atoms. The molecule has 5 nitrogen and oxygen atoms in total. The maximum Gasteiger partial charge on any atom is 0.273 e. The van der Waals surface area contributed by atoms with E-state index in [1.807, 2.05) is 29.0 Å². The molecule has 0 atom stereocenters. The molecule has 0 aliphatic carbocycles. The maximum absolute atomic E-state index is 13.1. The summed E-state index contributed by atoms with van der Waals surface area (Å²) in [6.07, 6.45) is 0.767. The van der Waals surface area contributed by atoms with Crippen LogP contribution in [0.4, 0.5) is 5.69 Å². The van der Waals surface area contributed by atoms with E-state index in [4.69, 9.17) is 0 Å². The first-order valence-corrected chi connectivity index (χ1v) is 9.90. The van der Waals surface area contributed by atoms with Gasteiger partial charge in [-0.15, -0.1) is 22.7 Å². The molecule has 0 saturated carbocycles. The van der Waals surface area contributed by atoms with E-state index >= 15 is 0 Å². The van der Waals surface area contributed by atoms with E-state index < -0.39 is 4.92 Å². The fraction of sp³-hybridized carbons (Fsp3) is 0.211. The smallest absolute Gasteiger partial charge is 0.273 e. The highest BCUT2D eigenvalue weighted by Crippen LogP contribution is 2.24. The predicted molar refractivity (Wildman–Crippen MR) is 105 cm³/mol. The third-order valence-corrected chi connectivity index (χ3v) is 5.95. The monoisotopic (exact) mass is 386 g/mol. The van der Waals surface area contributed by atoms with Crippen molar-refractivity contribution < 1.29 is 9.72 Å². The van der Waals surface area contributed by atoms with Crippen LogP contribution in [-0.2, 0) is 13.0 Å². The Kier molecular flexibility index (Phi) is 5.80. The molecule has 1 amide bonds. The van der Waals surface area contributed by atoms with Crippen molar-refractivity contribution in [3.63, 3.8) is 0 Å². The van der Waals surface area contributed by atoms with Gasteiger partial charge in [-0.25, -0.2) is 0 Å². The molecule has 0 aliphatic rings. The zero-order chi connectivity index (χ0) is 18.5. The number of thiophene rings is 2. The van der Waals surface area contributed by atoms with Crippen molar-refractivity contribution in [3.05, 3.63) is 84.2 Å². The highest BCUT2D eigenvalue weighted by molar-refractivity contribution is 7.10. The molecule has 2 heterocycles. The molecule has 0 spiro atoms. The number of carbonyl (C=O) groups is 1.